The van der Waals surface area contributed by atoms with E-state index in [1.807, 2.05) is 12.1 Å². The van der Waals surface area contributed by atoms with E-state index in [0.717, 1.165) is 31.6 Å². The highest BCUT2D eigenvalue weighted by Gasteiger charge is 2.15. The molecule has 0 bridgehead atoms. The average molecular weight is 247 g/mol. The maximum atomic E-state index is 5.45. The second-order valence-corrected chi connectivity index (χ2v) is 4.56. The first kappa shape index (κ1) is 14.8. The van der Waals surface area contributed by atoms with E-state index >= 15 is 0 Å². The van der Waals surface area contributed by atoms with Crippen molar-refractivity contribution >= 4 is 0 Å². The molecule has 1 atom stereocenters. The normalized spacial score (nSPS) is 12.2. The van der Waals surface area contributed by atoms with Gasteiger partial charge in [0.15, 0.2) is 0 Å². The van der Waals surface area contributed by atoms with Crippen LogP contribution in [0.2, 0.25) is 0 Å². The Hall–Kier alpha value is -1.28. The number of ether oxygens (including phenoxy) is 1. The topological polar surface area (TPSA) is 21.3 Å². The van der Waals surface area contributed by atoms with E-state index in [1.165, 1.54) is 11.1 Å². The molecule has 0 heterocycles. The van der Waals surface area contributed by atoms with E-state index in [0.29, 0.717) is 6.04 Å². The zero-order valence-electron chi connectivity index (χ0n) is 11.8. The van der Waals surface area contributed by atoms with Gasteiger partial charge in [-0.15, -0.1) is 0 Å². The molecular weight excluding hydrogens is 222 g/mol. The highest BCUT2D eigenvalue weighted by atomic mass is 16.5. The molecule has 1 N–H and O–H groups in total. The van der Waals surface area contributed by atoms with E-state index in [4.69, 9.17) is 4.74 Å². The predicted octanol–water partition coefficient (Wildman–Crippen LogP) is 4.09. The third-order valence-electron chi connectivity index (χ3n) is 3.15. The largest absolute Gasteiger partial charge is 0.496 e. The lowest BCUT2D eigenvalue weighted by Gasteiger charge is -2.22. The first-order valence-corrected chi connectivity index (χ1v) is 6.75. The fraction of sp³-hybridized carbons (Fsp3) is 0.500. The number of nitrogens with one attached hydrogen (secondary N) is 1. The molecule has 0 aliphatic heterocycles. The second kappa shape index (κ2) is 7.93. The lowest BCUT2D eigenvalue weighted by molar-refractivity contribution is 0.397. The van der Waals surface area contributed by atoms with Gasteiger partial charge in [-0.25, -0.2) is 0 Å². The average Bonchev–Trinajstić information content (AvgIpc) is 2.43. The van der Waals surface area contributed by atoms with Crippen LogP contribution in [0, 0.1) is 0 Å². The molecule has 1 rings (SSSR count). The number of para-hydroxylation sites is 1. The number of hydrogen-bond donors (Lipinski definition) is 1. The highest BCUT2D eigenvalue weighted by molar-refractivity contribution is 5.36. The van der Waals surface area contributed by atoms with Gasteiger partial charge in [0.2, 0.25) is 0 Å². The van der Waals surface area contributed by atoms with Gasteiger partial charge in [-0.05, 0) is 31.9 Å². The van der Waals surface area contributed by atoms with Crippen molar-refractivity contribution in [3.05, 3.63) is 42.0 Å². The number of methoxy groups -OCH3 is 1. The first-order chi connectivity index (χ1) is 8.72. The Morgan fingerprint density at radius 3 is 2.67 bits per heavy atom. The molecule has 2 heteroatoms. The van der Waals surface area contributed by atoms with Crippen molar-refractivity contribution in [2.24, 2.45) is 0 Å². The van der Waals surface area contributed by atoms with Gasteiger partial charge < -0.3 is 10.1 Å². The Morgan fingerprint density at radius 1 is 1.33 bits per heavy atom. The summed E-state index contributed by atoms with van der Waals surface area (Å²) in [6, 6.07) is 8.52. The molecule has 0 amide bonds. The lowest BCUT2D eigenvalue weighted by Crippen LogP contribution is -2.23. The van der Waals surface area contributed by atoms with Gasteiger partial charge in [0.25, 0.3) is 0 Å². The highest BCUT2D eigenvalue weighted by Crippen LogP contribution is 2.29. The SMILES string of the molecule is C=C(CC)CC(NCCC)c1ccccc1OC. The third kappa shape index (κ3) is 4.19. The molecule has 0 aliphatic carbocycles. The van der Waals surface area contributed by atoms with Crippen molar-refractivity contribution in [2.75, 3.05) is 13.7 Å². The molecule has 0 spiro atoms. The molecule has 2 nitrogen and oxygen atoms in total. The minimum absolute atomic E-state index is 0.300. The van der Waals surface area contributed by atoms with Gasteiger partial charge in [-0.2, -0.15) is 0 Å². The van der Waals surface area contributed by atoms with Crippen molar-refractivity contribution in [2.45, 2.75) is 39.2 Å². The van der Waals surface area contributed by atoms with Crippen LogP contribution < -0.4 is 10.1 Å². The molecule has 1 aromatic rings. The smallest absolute Gasteiger partial charge is 0.123 e. The lowest BCUT2D eigenvalue weighted by atomic mass is 9.97. The van der Waals surface area contributed by atoms with Gasteiger partial charge >= 0.3 is 0 Å². The summed E-state index contributed by atoms with van der Waals surface area (Å²) in [5, 5.41) is 3.58. The van der Waals surface area contributed by atoms with Crippen LogP contribution in [0.15, 0.2) is 36.4 Å². The van der Waals surface area contributed by atoms with E-state index in [2.05, 4.69) is 37.9 Å². The quantitative estimate of drug-likeness (QED) is 0.699. The van der Waals surface area contributed by atoms with Gasteiger partial charge in [0.05, 0.1) is 7.11 Å². The molecule has 0 radical (unpaired) electrons. The number of rotatable bonds is 8. The summed E-state index contributed by atoms with van der Waals surface area (Å²) in [7, 11) is 1.73. The zero-order valence-corrected chi connectivity index (χ0v) is 11.8. The van der Waals surface area contributed by atoms with Gasteiger partial charge in [-0.1, -0.05) is 44.2 Å². The summed E-state index contributed by atoms with van der Waals surface area (Å²) in [6.45, 7) is 9.47. The zero-order chi connectivity index (χ0) is 13.4. The van der Waals surface area contributed by atoms with Crippen LogP contribution in [0.3, 0.4) is 0 Å². The van der Waals surface area contributed by atoms with E-state index in [9.17, 15) is 0 Å². The fourth-order valence-corrected chi connectivity index (χ4v) is 2.00. The fourth-order valence-electron chi connectivity index (χ4n) is 2.00. The van der Waals surface area contributed by atoms with Gasteiger partial charge in [0, 0.05) is 11.6 Å². The van der Waals surface area contributed by atoms with E-state index in [1.54, 1.807) is 7.11 Å². The summed E-state index contributed by atoms with van der Waals surface area (Å²) in [4.78, 5) is 0. The molecule has 0 aliphatic rings. The Kier molecular flexibility index (Phi) is 6.51. The Balaban J connectivity index is 2.89. The summed E-state index contributed by atoms with van der Waals surface area (Å²) >= 11 is 0. The summed E-state index contributed by atoms with van der Waals surface area (Å²) in [6.07, 6.45) is 3.13. The molecule has 0 saturated heterocycles. The van der Waals surface area contributed by atoms with Crippen molar-refractivity contribution in [1.29, 1.82) is 0 Å². The van der Waals surface area contributed by atoms with Crippen molar-refractivity contribution in [3.8, 4) is 5.75 Å². The summed E-state index contributed by atoms with van der Waals surface area (Å²) in [5.74, 6) is 0.954. The number of hydrogen-bond acceptors (Lipinski definition) is 2. The van der Waals surface area contributed by atoms with Gasteiger partial charge in [-0.3, -0.25) is 0 Å². The van der Waals surface area contributed by atoms with Crippen LogP contribution >= 0.6 is 0 Å². The number of benzene rings is 1. The van der Waals surface area contributed by atoms with Crippen LogP contribution in [0.1, 0.15) is 44.7 Å². The first-order valence-electron chi connectivity index (χ1n) is 6.75. The minimum atomic E-state index is 0.300. The third-order valence-corrected chi connectivity index (χ3v) is 3.15. The molecule has 0 aromatic heterocycles. The summed E-state index contributed by atoms with van der Waals surface area (Å²) in [5.41, 5.74) is 2.50. The van der Waals surface area contributed by atoms with Crippen LogP contribution in [-0.4, -0.2) is 13.7 Å². The molecule has 0 saturated carbocycles. The molecule has 100 valence electrons. The molecule has 1 aromatic carbocycles. The molecule has 18 heavy (non-hydrogen) atoms. The van der Waals surface area contributed by atoms with Crippen LogP contribution in [-0.2, 0) is 0 Å². The maximum absolute atomic E-state index is 5.45. The van der Waals surface area contributed by atoms with Crippen LogP contribution in [0.5, 0.6) is 5.75 Å². The predicted molar refractivity (Wildman–Crippen MR) is 78.1 cm³/mol. The Morgan fingerprint density at radius 2 is 2.06 bits per heavy atom. The molecule has 1 unspecified atom stereocenters. The standard InChI is InChI=1S/C16H25NO/c1-5-11-17-15(12-13(3)6-2)14-9-7-8-10-16(14)18-4/h7-10,15,17H,3,5-6,11-12H2,1-2,4H3. The van der Waals surface area contributed by atoms with Crippen molar-refractivity contribution in [1.82, 2.24) is 5.32 Å². The van der Waals surface area contributed by atoms with Crippen LogP contribution in [0.25, 0.3) is 0 Å². The van der Waals surface area contributed by atoms with Crippen molar-refractivity contribution < 1.29 is 4.74 Å². The monoisotopic (exact) mass is 247 g/mol. The maximum Gasteiger partial charge on any atom is 0.123 e. The van der Waals surface area contributed by atoms with Crippen molar-refractivity contribution in [3.63, 3.8) is 0 Å². The Bertz CT molecular complexity index is 373. The molecular formula is C16H25NO. The van der Waals surface area contributed by atoms with E-state index in [-0.39, 0.29) is 0 Å². The van der Waals surface area contributed by atoms with Gasteiger partial charge in [0.1, 0.15) is 5.75 Å². The van der Waals surface area contributed by atoms with Crippen LogP contribution in [0.4, 0.5) is 0 Å². The molecule has 0 fully saturated rings. The summed E-state index contributed by atoms with van der Waals surface area (Å²) < 4.78 is 5.45. The minimum Gasteiger partial charge on any atom is -0.496 e. The van der Waals surface area contributed by atoms with E-state index < -0.39 is 0 Å². The second-order valence-electron chi connectivity index (χ2n) is 4.56. The Labute approximate surface area is 111 Å².